The molecule has 0 saturated carbocycles. The third kappa shape index (κ3) is 4.60. The van der Waals surface area contributed by atoms with Crippen LogP contribution in [0, 0.1) is 19.7 Å². The van der Waals surface area contributed by atoms with Gasteiger partial charge < -0.3 is 10.6 Å². The third-order valence-corrected chi connectivity index (χ3v) is 5.27. The number of nitrogens with one attached hydrogen (secondary N) is 2. The van der Waals surface area contributed by atoms with Crippen molar-refractivity contribution in [3.05, 3.63) is 106 Å². The molecule has 2 N–H and O–H groups in total. The molecule has 1 aliphatic rings. The maximum Gasteiger partial charge on any atom is 0.192 e. The smallest absolute Gasteiger partial charge is 0.192 e. The minimum absolute atomic E-state index is 0. The standard InChI is InChI=1S/C24H24FN3.ClH/c1-16-8-3-5-12-20(16)22-23(21-13-6-4-9-17(21)2)28-24(27-22)26-15-18-10-7-11-19(25)14-18;/h3-14,22-23H,15H2,1-2H3,(H2,26,27,28);1H/t22-,23+;. The van der Waals surface area contributed by atoms with Gasteiger partial charge in [0.25, 0.3) is 0 Å². The van der Waals surface area contributed by atoms with Crippen LogP contribution in [-0.2, 0) is 6.54 Å². The summed E-state index contributed by atoms with van der Waals surface area (Å²) in [5.41, 5.74) is 5.83. The van der Waals surface area contributed by atoms with Crippen LogP contribution in [0.5, 0.6) is 0 Å². The number of nitrogens with zero attached hydrogens (tertiary/aromatic N) is 1. The summed E-state index contributed by atoms with van der Waals surface area (Å²) in [6, 6.07) is 23.6. The van der Waals surface area contributed by atoms with Gasteiger partial charge in [-0.05, 0) is 53.8 Å². The number of benzene rings is 3. The molecular weight excluding hydrogens is 385 g/mol. The number of rotatable bonds is 4. The molecule has 0 unspecified atom stereocenters. The molecule has 2 atom stereocenters. The molecule has 5 heteroatoms. The molecule has 29 heavy (non-hydrogen) atoms. The second-order valence-corrected chi connectivity index (χ2v) is 7.25. The molecule has 0 spiro atoms. The van der Waals surface area contributed by atoms with E-state index in [1.165, 1.54) is 34.4 Å². The van der Waals surface area contributed by atoms with Crippen molar-refractivity contribution in [2.45, 2.75) is 32.5 Å². The van der Waals surface area contributed by atoms with E-state index in [4.69, 9.17) is 0 Å². The molecule has 0 aromatic heterocycles. The zero-order chi connectivity index (χ0) is 19.5. The summed E-state index contributed by atoms with van der Waals surface area (Å²) in [5.74, 6) is 0.506. The Labute approximate surface area is 177 Å². The van der Waals surface area contributed by atoms with Crippen molar-refractivity contribution in [3.63, 3.8) is 0 Å². The fourth-order valence-corrected chi connectivity index (χ4v) is 3.79. The van der Waals surface area contributed by atoms with E-state index in [-0.39, 0.29) is 30.3 Å². The van der Waals surface area contributed by atoms with Crippen LogP contribution in [0.4, 0.5) is 4.39 Å². The van der Waals surface area contributed by atoms with Gasteiger partial charge in [0.05, 0.1) is 18.6 Å². The summed E-state index contributed by atoms with van der Waals surface area (Å²) >= 11 is 0. The highest BCUT2D eigenvalue weighted by Crippen LogP contribution is 2.35. The summed E-state index contributed by atoms with van der Waals surface area (Å²) in [5, 5.41) is 7.11. The topological polar surface area (TPSA) is 36.4 Å². The number of guanidine groups is 1. The van der Waals surface area contributed by atoms with E-state index >= 15 is 0 Å². The second-order valence-electron chi connectivity index (χ2n) is 7.25. The predicted octanol–water partition coefficient (Wildman–Crippen LogP) is 5.40. The van der Waals surface area contributed by atoms with Gasteiger partial charge in [-0.15, -0.1) is 12.4 Å². The zero-order valence-electron chi connectivity index (χ0n) is 16.5. The first-order valence-corrected chi connectivity index (χ1v) is 9.55. The lowest BCUT2D eigenvalue weighted by molar-refractivity contribution is 0.549. The predicted molar refractivity (Wildman–Crippen MR) is 119 cm³/mol. The number of aryl methyl sites for hydroxylation is 2. The summed E-state index contributed by atoms with van der Waals surface area (Å²) in [4.78, 5) is 4.67. The van der Waals surface area contributed by atoms with Gasteiger partial charge in [-0.2, -0.15) is 0 Å². The van der Waals surface area contributed by atoms with Gasteiger partial charge in [-0.3, -0.25) is 0 Å². The van der Waals surface area contributed by atoms with Gasteiger partial charge in [0.15, 0.2) is 5.96 Å². The van der Waals surface area contributed by atoms with Crippen molar-refractivity contribution < 1.29 is 4.39 Å². The van der Waals surface area contributed by atoms with Crippen molar-refractivity contribution >= 4 is 18.4 Å². The van der Waals surface area contributed by atoms with E-state index < -0.39 is 0 Å². The average Bonchev–Trinajstić information content (AvgIpc) is 3.11. The molecule has 4 rings (SSSR count). The Balaban J connectivity index is 0.00000240. The van der Waals surface area contributed by atoms with Crippen LogP contribution < -0.4 is 10.6 Å². The highest BCUT2D eigenvalue weighted by molar-refractivity contribution is 5.85. The van der Waals surface area contributed by atoms with Crippen molar-refractivity contribution in [2.75, 3.05) is 0 Å². The summed E-state index contributed by atoms with van der Waals surface area (Å²) < 4.78 is 13.4. The van der Waals surface area contributed by atoms with Crippen molar-refractivity contribution in [3.8, 4) is 0 Å². The minimum atomic E-state index is -0.236. The molecule has 1 heterocycles. The second kappa shape index (κ2) is 9.10. The van der Waals surface area contributed by atoms with Gasteiger partial charge in [0.1, 0.15) is 5.82 Å². The van der Waals surface area contributed by atoms with E-state index in [0.29, 0.717) is 6.54 Å². The van der Waals surface area contributed by atoms with Gasteiger partial charge in [-0.1, -0.05) is 60.7 Å². The fraction of sp³-hybridized carbons (Fsp3) is 0.208. The molecule has 0 amide bonds. The molecular formula is C24H25ClFN3. The summed E-state index contributed by atoms with van der Waals surface area (Å²) in [6.45, 7) is 4.69. The van der Waals surface area contributed by atoms with E-state index in [1.54, 1.807) is 6.07 Å². The Bertz CT molecular complexity index is 963. The zero-order valence-corrected chi connectivity index (χ0v) is 17.3. The number of aliphatic imine (C=N–C) groups is 1. The largest absolute Gasteiger partial charge is 0.347 e. The molecule has 1 aliphatic heterocycles. The Hall–Kier alpha value is -2.85. The van der Waals surface area contributed by atoms with E-state index in [0.717, 1.165) is 11.5 Å². The number of halogens is 2. The van der Waals surface area contributed by atoms with Gasteiger partial charge in [0, 0.05) is 0 Å². The van der Waals surface area contributed by atoms with Gasteiger partial charge >= 0.3 is 0 Å². The number of hydrogen-bond acceptors (Lipinski definition) is 1. The van der Waals surface area contributed by atoms with E-state index in [2.05, 4.69) is 78.0 Å². The quantitative estimate of drug-likeness (QED) is 0.605. The molecule has 3 nitrogen and oxygen atoms in total. The fourth-order valence-electron chi connectivity index (χ4n) is 3.79. The molecule has 3 aromatic rings. The SMILES string of the molecule is Cc1ccccc1[C@H]1NC(=NCc2cccc(F)c2)N[C@H]1c1ccccc1C.Cl. The number of hydrogen-bond donors (Lipinski definition) is 2. The molecule has 150 valence electrons. The summed E-state index contributed by atoms with van der Waals surface area (Å²) in [6.07, 6.45) is 0. The lowest BCUT2D eigenvalue weighted by Gasteiger charge is -2.22. The van der Waals surface area contributed by atoms with Crippen LogP contribution in [0.1, 0.15) is 39.9 Å². The minimum Gasteiger partial charge on any atom is -0.347 e. The lowest BCUT2D eigenvalue weighted by Crippen LogP contribution is -2.25. The maximum absolute atomic E-state index is 13.4. The Morgan fingerprint density at radius 3 is 1.86 bits per heavy atom. The average molecular weight is 410 g/mol. The molecule has 1 fully saturated rings. The molecule has 1 saturated heterocycles. The van der Waals surface area contributed by atoms with Crippen LogP contribution in [0.25, 0.3) is 0 Å². The van der Waals surface area contributed by atoms with Crippen LogP contribution in [0.3, 0.4) is 0 Å². The van der Waals surface area contributed by atoms with Crippen molar-refractivity contribution in [1.29, 1.82) is 0 Å². The summed E-state index contributed by atoms with van der Waals surface area (Å²) in [7, 11) is 0. The maximum atomic E-state index is 13.4. The van der Waals surface area contributed by atoms with Crippen LogP contribution >= 0.6 is 12.4 Å². The van der Waals surface area contributed by atoms with Crippen LogP contribution in [-0.4, -0.2) is 5.96 Å². The molecule has 0 radical (unpaired) electrons. The van der Waals surface area contributed by atoms with E-state index in [1.807, 2.05) is 6.07 Å². The lowest BCUT2D eigenvalue weighted by atomic mass is 9.90. The highest BCUT2D eigenvalue weighted by atomic mass is 35.5. The molecule has 0 aliphatic carbocycles. The van der Waals surface area contributed by atoms with Gasteiger partial charge in [-0.25, -0.2) is 9.38 Å². The van der Waals surface area contributed by atoms with E-state index in [9.17, 15) is 4.39 Å². The monoisotopic (exact) mass is 409 g/mol. The van der Waals surface area contributed by atoms with Crippen molar-refractivity contribution in [1.82, 2.24) is 10.6 Å². The third-order valence-electron chi connectivity index (χ3n) is 5.27. The van der Waals surface area contributed by atoms with Crippen LogP contribution in [0.2, 0.25) is 0 Å². The first-order valence-electron chi connectivity index (χ1n) is 9.55. The normalized spacial score (nSPS) is 19.3. The first kappa shape index (κ1) is 20.9. The Kier molecular flexibility index (Phi) is 6.55. The Morgan fingerprint density at radius 1 is 0.793 bits per heavy atom. The van der Waals surface area contributed by atoms with Crippen LogP contribution in [0.15, 0.2) is 77.8 Å². The first-order chi connectivity index (χ1) is 13.6. The molecule has 0 bridgehead atoms. The highest BCUT2D eigenvalue weighted by Gasteiger charge is 2.34. The Morgan fingerprint density at radius 2 is 1.34 bits per heavy atom. The van der Waals surface area contributed by atoms with Crippen molar-refractivity contribution in [2.24, 2.45) is 4.99 Å². The van der Waals surface area contributed by atoms with Gasteiger partial charge in [0.2, 0.25) is 0 Å². The molecule has 3 aromatic carbocycles.